The summed E-state index contributed by atoms with van der Waals surface area (Å²) >= 11 is 1.05. The maximum atomic E-state index is 14.1. The van der Waals surface area contributed by atoms with Crippen LogP contribution in [0.5, 0.6) is 11.5 Å². The standard InChI is InChI=1S/C32H26F3N3O4S/c33-32(34,35)31(40)38(23-14-16-25(17-15-23)42-19-18-41-24-6-2-1-3-7-24)28(22-12-10-21(20-36)11-13-22)29(39)30-37-26-8-4-5-9-27(26)43-30/h1-17,28H,18-20,36H2. The van der Waals surface area contributed by atoms with Crippen molar-refractivity contribution >= 4 is 38.9 Å². The summed E-state index contributed by atoms with van der Waals surface area (Å²) in [4.78, 5) is 31.8. The second-order valence-electron chi connectivity index (χ2n) is 9.38. The Morgan fingerprint density at radius 3 is 2.02 bits per heavy atom. The lowest BCUT2D eigenvalue weighted by Crippen LogP contribution is -2.46. The first-order chi connectivity index (χ1) is 20.7. The highest BCUT2D eigenvalue weighted by Gasteiger charge is 2.48. The molecule has 1 aromatic heterocycles. The Morgan fingerprint density at radius 1 is 0.814 bits per heavy atom. The van der Waals surface area contributed by atoms with Crippen molar-refractivity contribution in [2.24, 2.45) is 5.73 Å². The van der Waals surface area contributed by atoms with Crippen LogP contribution in [0.3, 0.4) is 0 Å². The summed E-state index contributed by atoms with van der Waals surface area (Å²) in [6.07, 6.45) is -5.27. The number of ketones is 1. The number of Topliss-reactive ketones (excluding diaryl/α,β-unsaturated/α-hetero) is 1. The highest BCUT2D eigenvalue weighted by atomic mass is 32.1. The van der Waals surface area contributed by atoms with Gasteiger partial charge in [0, 0.05) is 12.2 Å². The summed E-state index contributed by atoms with van der Waals surface area (Å²) in [6.45, 7) is 0.605. The van der Waals surface area contributed by atoms with Crippen LogP contribution in [0.1, 0.15) is 27.0 Å². The van der Waals surface area contributed by atoms with E-state index in [2.05, 4.69) is 4.98 Å². The Hall–Kier alpha value is -4.74. The molecule has 7 nitrogen and oxygen atoms in total. The summed E-state index contributed by atoms with van der Waals surface area (Å²) in [5.74, 6) is -1.93. The molecule has 0 aliphatic rings. The molecule has 5 aromatic rings. The quantitative estimate of drug-likeness (QED) is 0.133. The SMILES string of the molecule is NCc1ccc(C(C(=O)c2nc3ccccc3s2)N(C(=O)C(F)(F)F)c2ccc(OCCOc3ccccc3)cc2)cc1. The molecule has 1 amide bonds. The maximum Gasteiger partial charge on any atom is 0.471 e. The minimum atomic E-state index is -5.27. The fourth-order valence-electron chi connectivity index (χ4n) is 4.41. The van der Waals surface area contributed by atoms with Gasteiger partial charge in [-0.1, -0.05) is 54.6 Å². The van der Waals surface area contributed by atoms with Crippen LogP contribution >= 0.6 is 11.3 Å². The molecule has 0 radical (unpaired) electrons. The lowest BCUT2D eigenvalue weighted by Gasteiger charge is -2.31. The lowest BCUT2D eigenvalue weighted by atomic mass is 9.98. The van der Waals surface area contributed by atoms with Crippen LogP contribution in [0.25, 0.3) is 10.2 Å². The Kier molecular flexibility index (Phi) is 9.03. The largest absolute Gasteiger partial charge is 0.490 e. The van der Waals surface area contributed by atoms with Gasteiger partial charge in [0.05, 0.1) is 10.2 Å². The van der Waals surface area contributed by atoms with E-state index in [0.29, 0.717) is 32.2 Å². The molecule has 0 aliphatic carbocycles. The van der Waals surface area contributed by atoms with Gasteiger partial charge in [-0.05, 0) is 59.7 Å². The van der Waals surface area contributed by atoms with Gasteiger partial charge in [-0.2, -0.15) is 13.2 Å². The van der Waals surface area contributed by atoms with Crippen LogP contribution < -0.4 is 20.1 Å². The van der Waals surface area contributed by atoms with Crippen molar-refractivity contribution in [3.8, 4) is 11.5 Å². The molecular formula is C32H26F3N3O4S. The molecule has 0 fully saturated rings. The van der Waals surface area contributed by atoms with E-state index in [0.717, 1.165) is 11.3 Å². The van der Waals surface area contributed by atoms with E-state index in [9.17, 15) is 22.8 Å². The lowest BCUT2D eigenvalue weighted by molar-refractivity contribution is -0.170. The summed E-state index contributed by atoms with van der Waals surface area (Å²) < 4.78 is 54.2. The Bertz CT molecular complexity index is 1660. The highest BCUT2D eigenvalue weighted by Crippen LogP contribution is 2.37. The monoisotopic (exact) mass is 605 g/mol. The van der Waals surface area contributed by atoms with Crippen molar-refractivity contribution in [2.75, 3.05) is 18.1 Å². The number of aromatic nitrogens is 1. The summed E-state index contributed by atoms with van der Waals surface area (Å²) in [7, 11) is 0. The number of hydrogen-bond donors (Lipinski definition) is 1. The molecule has 0 bridgehead atoms. The average molecular weight is 606 g/mol. The Labute approximate surface area is 249 Å². The summed E-state index contributed by atoms with van der Waals surface area (Å²) in [5, 5.41) is -0.0209. The van der Waals surface area contributed by atoms with Gasteiger partial charge in [0.25, 0.3) is 0 Å². The van der Waals surface area contributed by atoms with Gasteiger partial charge in [0.2, 0.25) is 5.78 Å². The van der Waals surface area contributed by atoms with Crippen molar-refractivity contribution in [1.29, 1.82) is 0 Å². The highest BCUT2D eigenvalue weighted by molar-refractivity contribution is 7.20. The van der Waals surface area contributed by atoms with E-state index in [-0.39, 0.29) is 36.0 Å². The third kappa shape index (κ3) is 7.02. The molecule has 5 rings (SSSR count). The molecule has 1 unspecified atom stereocenters. The number of carbonyl (C=O) groups is 2. The number of carbonyl (C=O) groups excluding carboxylic acids is 2. The van der Waals surface area contributed by atoms with Gasteiger partial charge in [-0.3, -0.25) is 14.5 Å². The minimum absolute atomic E-state index is 0.0209. The number of benzene rings is 4. The van der Waals surface area contributed by atoms with Crippen LogP contribution in [0.15, 0.2) is 103 Å². The number of anilines is 1. The fraction of sp³-hybridized carbons (Fsp3) is 0.156. The number of alkyl halides is 3. The first kappa shape index (κ1) is 29.7. The van der Waals surface area contributed by atoms with Gasteiger partial charge >= 0.3 is 12.1 Å². The zero-order valence-electron chi connectivity index (χ0n) is 22.7. The van der Waals surface area contributed by atoms with Crippen molar-refractivity contribution < 1.29 is 32.2 Å². The summed E-state index contributed by atoms with van der Waals surface area (Å²) in [6, 6.07) is 26.2. The van der Waals surface area contributed by atoms with Gasteiger partial charge in [-0.25, -0.2) is 4.98 Å². The molecule has 0 saturated carbocycles. The molecule has 220 valence electrons. The molecule has 4 aromatic carbocycles. The van der Waals surface area contributed by atoms with Gasteiger partial charge in [0.15, 0.2) is 5.01 Å². The van der Waals surface area contributed by atoms with Gasteiger partial charge in [0.1, 0.15) is 30.8 Å². The maximum absolute atomic E-state index is 14.1. The minimum Gasteiger partial charge on any atom is -0.490 e. The van der Waals surface area contributed by atoms with E-state index in [4.69, 9.17) is 15.2 Å². The van der Waals surface area contributed by atoms with Crippen LogP contribution in [0, 0.1) is 0 Å². The molecule has 11 heteroatoms. The first-order valence-corrected chi connectivity index (χ1v) is 14.1. The molecule has 1 atom stereocenters. The van der Waals surface area contributed by atoms with Gasteiger partial charge < -0.3 is 15.2 Å². The van der Waals surface area contributed by atoms with E-state index in [1.807, 2.05) is 18.2 Å². The molecular weight excluding hydrogens is 579 g/mol. The van der Waals surface area contributed by atoms with E-state index in [1.54, 1.807) is 48.5 Å². The predicted octanol–water partition coefficient (Wildman–Crippen LogP) is 6.73. The van der Waals surface area contributed by atoms with Crippen LogP contribution in [0.4, 0.5) is 18.9 Å². The van der Waals surface area contributed by atoms with E-state index < -0.39 is 23.9 Å². The van der Waals surface area contributed by atoms with Crippen LogP contribution in [-0.4, -0.2) is 36.1 Å². The normalized spacial score (nSPS) is 12.1. The predicted molar refractivity (Wildman–Crippen MR) is 158 cm³/mol. The van der Waals surface area contributed by atoms with E-state index >= 15 is 0 Å². The summed E-state index contributed by atoms with van der Waals surface area (Å²) in [5.41, 5.74) is 6.98. The number of nitrogens with two attached hydrogens (primary N) is 1. The van der Waals surface area contributed by atoms with Crippen LogP contribution in [-0.2, 0) is 11.3 Å². The molecule has 1 heterocycles. The number of amides is 1. The topological polar surface area (TPSA) is 94.8 Å². The third-order valence-electron chi connectivity index (χ3n) is 6.48. The zero-order valence-corrected chi connectivity index (χ0v) is 23.5. The fourth-order valence-corrected chi connectivity index (χ4v) is 5.34. The number of hydrogen-bond acceptors (Lipinski definition) is 7. The number of rotatable bonds is 11. The Morgan fingerprint density at radius 2 is 1.42 bits per heavy atom. The molecule has 2 N–H and O–H groups in total. The van der Waals surface area contributed by atoms with Crippen molar-refractivity contribution in [2.45, 2.75) is 18.8 Å². The molecule has 0 saturated heterocycles. The van der Waals surface area contributed by atoms with Gasteiger partial charge in [-0.15, -0.1) is 11.3 Å². The number of ether oxygens (including phenoxy) is 2. The first-order valence-electron chi connectivity index (χ1n) is 13.2. The second kappa shape index (κ2) is 13.1. The molecule has 0 aliphatic heterocycles. The molecule has 43 heavy (non-hydrogen) atoms. The smallest absolute Gasteiger partial charge is 0.471 e. The number of halogens is 3. The van der Waals surface area contributed by atoms with Crippen LogP contribution in [0.2, 0.25) is 0 Å². The van der Waals surface area contributed by atoms with Crippen molar-refractivity contribution in [3.05, 3.63) is 119 Å². The van der Waals surface area contributed by atoms with Crippen molar-refractivity contribution in [1.82, 2.24) is 4.98 Å². The number of para-hydroxylation sites is 2. The average Bonchev–Trinajstić information content (AvgIpc) is 3.47. The zero-order chi connectivity index (χ0) is 30.4. The number of nitrogens with zero attached hydrogens (tertiary/aromatic N) is 2. The number of thiazole rings is 1. The number of fused-ring (bicyclic) bond motifs is 1. The second-order valence-corrected chi connectivity index (χ2v) is 10.4. The molecule has 0 spiro atoms. The third-order valence-corrected chi connectivity index (χ3v) is 7.53. The van der Waals surface area contributed by atoms with Crippen molar-refractivity contribution in [3.63, 3.8) is 0 Å². The Balaban J connectivity index is 1.47. The van der Waals surface area contributed by atoms with E-state index in [1.165, 1.54) is 36.4 Å².